The van der Waals surface area contributed by atoms with Crippen LogP contribution in [-0.4, -0.2) is 48.6 Å². The largest absolute Gasteiger partial charge is 0.491 e. The van der Waals surface area contributed by atoms with E-state index in [0.717, 1.165) is 17.1 Å². The minimum Gasteiger partial charge on any atom is -0.491 e. The van der Waals surface area contributed by atoms with E-state index in [1.54, 1.807) is 7.05 Å². The van der Waals surface area contributed by atoms with Gasteiger partial charge >= 0.3 is 0 Å². The standard InChI is InChI=1S/C22H23NO4S2/c1-16-6-8-18(9-7-16)26-12-10-25-11-13-27-19-5-3-4-17(14-19)15-20-21(24)23(2)22(28)29-20/h3-9,14-15H,10-13H2,1-2H3. The van der Waals surface area contributed by atoms with Gasteiger partial charge in [0.1, 0.15) is 29.0 Å². The highest BCUT2D eigenvalue weighted by molar-refractivity contribution is 8.26. The quantitative estimate of drug-likeness (QED) is 0.337. The molecule has 0 aliphatic carbocycles. The smallest absolute Gasteiger partial charge is 0.265 e. The number of ether oxygens (including phenoxy) is 3. The van der Waals surface area contributed by atoms with Crippen molar-refractivity contribution >= 4 is 40.3 Å². The number of thiocarbonyl (C=S) groups is 1. The fourth-order valence-electron chi connectivity index (χ4n) is 2.56. The Morgan fingerprint density at radius 1 is 1.00 bits per heavy atom. The molecule has 0 spiro atoms. The number of likely N-dealkylation sites (N-methyl/N-ethyl adjacent to an activating group) is 1. The third kappa shape index (κ3) is 6.32. The van der Waals surface area contributed by atoms with Crippen LogP contribution in [0.15, 0.2) is 53.4 Å². The van der Waals surface area contributed by atoms with Crippen molar-refractivity contribution in [1.29, 1.82) is 0 Å². The van der Waals surface area contributed by atoms with E-state index in [1.807, 2.05) is 61.5 Å². The predicted molar refractivity (Wildman–Crippen MR) is 120 cm³/mol. The molecule has 1 heterocycles. The molecule has 1 aliphatic heterocycles. The number of hydrogen-bond donors (Lipinski definition) is 0. The topological polar surface area (TPSA) is 48.0 Å². The molecule has 1 amide bonds. The van der Waals surface area contributed by atoms with Crippen LogP contribution < -0.4 is 9.47 Å². The number of benzene rings is 2. The highest BCUT2D eigenvalue weighted by Crippen LogP contribution is 2.31. The van der Waals surface area contributed by atoms with Crippen LogP contribution in [0.3, 0.4) is 0 Å². The Hall–Kier alpha value is -2.35. The summed E-state index contributed by atoms with van der Waals surface area (Å²) < 4.78 is 17.5. The first-order chi connectivity index (χ1) is 14.0. The zero-order valence-corrected chi connectivity index (χ0v) is 18.1. The second-order valence-electron chi connectivity index (χ2n) is 6.44. The maximum atomic E-state index is 12.1. The van der Waals surface area contributed by atoms with Crippen molar-refractivity contribution in [2.45, 2.75) is 6.92 Å². The zero-order valence-electron chi connectivity index (χ0n) is 16.4. The molecule has 1 aliphatic rings. The lowest BCUT2D eigenvalue weighted by Crippen LogP contribution is -2.22. The van der Waals surface area contributed by atoms with Gasteiger partial charge < -0.3 is 14.2 Å². The number of hydrogen-bond acceptors (Lipinski definition) is 6. The monoisotopic (exact) mass is 429 g/mol. The summed E-state index contributed by atoms with van der Waals surface area (Å²) in [4.78, 5) is 14.2. The highest BCUT2D eigenvalue weighted by atomic mass is 32.2. The van der Waals surface area contributed by atoms with Gasteiger partial charge in [0.05, 0.1) is 18.1 Å². The Balaban J connectivity index is 1.38. The van der Waals surface area contributed by atoms with Crippen LogP contribution in [0.2, 0.25) is 0 Å². The van der Waals surface area contributed by atoms with Crippen molar-refractivity contribution in [2.75, 3.05) is 33.5 Å². The third-order valence-corrected chi connectivity index (χ3v) is 5.64. The molecule has 1 fully saturated rings. The van der Waals surface area contributed by atoms with E-state index < -0.39 is 0 Å². The van der Waals surface area contributed by atoms with Crippen LogP contribution in [0.5, 0.6) is 11.5 Å². The predicted octanol–water partition coefficient (Wildman–Crippen LogP) is 4.30. The Bertz CT molecular complexity index is 896. The van der Waals surface area contributed by atoms with Crippen LogP contribution in [0.4, 0.5) is 0 Å². The average Bonchev–Trinajstić information content (AvgIpc) is 2.95. The van der Waals surface area contributed by atoms with Gasteiger partial charge in [-0.05, 0) is 42.8 Å². The van der Waals surface area contributed by atoms with Gasteiger partial charge in [0.25, 0.3) is 5.91 Å². The summed E-state index contributed by atoms with van der Waals surface area (Å²) in [6.45, 7) is 3.94. The van der Waals surface area contributed by atoms with E-state index in [1.165, 1.54) is 22.2 Å². The van der Waals surface area contributed by atoms with Gasteiger partial charge in [-0.3, -0.25) is 9.69 Å². The lowest BCUT2D eigenvalue weighted by atomic mass is 10.2. The van der Waals surface area contributed by atoms with Gasteiger partial charge in [0.2, 0.25) is 0 Å². The second kappa shape index (κ2) is 10.4. The number of aryl methyl sites for hydroxylation is 1. The SMILES string of the molecule is Cc1ccc(OCCOCCOc2cccc(C=C3SC(=S)N(C)C3=O)c2)cc1. The summed E-state index contributed by atoms with van der Waals surface area (Å²) in [6, 6.07) is 15.5. The molecule has 0 bridgehead atoms. The number of nitrogens with zero attached hydrogens (tertiary/aromatic N) is 1. The van der Waals surface area contributed by atoms with Crippen molar-refractivity contribution in [3.05, 3.63) is 64.6 Å². The molecule has 1 saturated heterocycles. The van der Waals surface area contributed by atoms with Crippen LogP contribution in [0.25, 0.3) is 6.08 Å². The van der Waals surface area contributed by atoms with Crippen molar-refractivity contribution in [1.82, 2.24) is 4.90 Å². The molecule has 0 N–H and O–H groups in total. The minimum absolute atomic E-state index is 0.0763. The summed E-state index contributed by atoms with van der Waals surface area (Å²) >= 11 is 6.46. The maximum Gasteiger partial charge on any atom is 0.265 e. The second-order valence-corrected chi connectivity index (χ2v) is 8.11. The van der Waals surface area contributed by atoms with Crippen molar-refractivity contribution in [2.24, 2.45) is 0 Å². The molecule has 0 saturated carbocycles. The van der Waals surface area contributed by atoms with E-state index in [9.17, 15) is 4.79 Å². The van der Waals surface area contributed by atoms with Crippen LogP contribution in [0.1, 0.15) is 11.1 Å². The van der Waals surface area contributed by atoms with Crippen molar-refractivity contribution < 1.29 is 19.0 Å². The van der Waals surface area contributed by atoms with Gasteiger partial charge in [0, 0.05) is 7.05 Å². The molecule has 152 valence electrons. The fraction of sp³-hybridized carbons (Fsp3) is 0.273. The summed E-state index contributed by atoms with van der Waals surface area (Å²) in [5.74, 6) is 1.49. The Morgan fingerprint density at radius 2 is 1.69 bits per heavy atom. The molecule has 29 heavy (non-hydrogen) atoms. The molecule has 0 aromatic heterocycles. The first-order valence-corrected chi connectivity index (χ1v) is 10.5. The lowest BCUT2D eigenvalue weighted by molar-refractivity contribution is -0.121. The van der Waals surface area contributed by atoms with Gasteiger partial charge in [0.15, 0.2) is 0 Å². The van der Waals surface area contributed by atoms with Crippen molar-refractivity contribution in [3.8, 4) is 11.5 Å². The fourth-order valence-corrected chi connectivity index (χ4v) is 3.74. The highest BCUT2D eigenvalue weighted by Gasteiger charge is 2.28. The number of carbonyl (C=O) groups excluding carboxylic acids is 1. The molecule has 0 atom stereocenters. The van der Waals surface area contributed by atoms with Gasteiger partial charge in [-0.15, -0.1) is 0 Å². The lowest BCUT2D eigenvalue weighted by Gasteiger charge is -2.09. The molecule has 0 unspecified atom stereocenters. The van der Waals surface area contributed by atoms with E-state index in [-0.39, 0.29) is 5.91 Å². The summed E-state index contributed by atoms with van der Waals surface area (Å²) in [6.07, 6.45) is 1.83. The maximum absolute atomic E-state index is 12.1. The van der Waals surface area contributed by atoms with E-state index in [4.69, 9.17) is 26.4 Å². The molecule has 7 heteroatoms. The number of amides is 1. The zero-order chi connectivity index (χ0) is 20.6. The number of carbonyl (C=O) groups is 1. The van der Waals surface area contributed by atoms with Gasteiger partial charge in [-0.2, -0.15) is 0 Å². The van der Waals surface area contributed by atoms with Crippen LogP contribution >= 0.6 is 24.0 Å². The Labute approximate surface area is 180 Å². The minimum atomic E-state index is -0.0763. The molecular weight excluding hydrogens is 406 g/mol. The van der Waals surface area contributed by atoms with Crippen LogP contribution in [0, 0.1) is 6.92 Å². The van der Waals surface area contributed by atoms with E-state index in [0.29, 0.717) is 35.7 Å². The number of thioether (sulfide) groups is 1. The van der Waals surface area contributed by atoms with E-state index >= 15 is 0 Å². The molecule has 0 radical (unpaired) electrons. The normalized spacial score (nSPS) is 15.2. The van der Waals surface area contributed by atoms with Gasteiger partial charge in [-0.1, -0.05) is 53.8 Å². The van der Waals surface area contributed by atoms with Gasteiger partial charge in [-0.25, -0.2) is 0 Å². The molecule has 2 aromatic rings. The Morgan fingerprint density at radius 3 is 2.34 bits per heavy atom. The Kier molecular flexibility index (Phi) is 7.69. The number of rotatable bonds is 9. The van der Waals surface area contributed by atoms with Crippen molar-refractivity contribution in [3.63, 3.8) is 0 Å². The van der Waals surface area contributed by atoms with Crippen LogP contribution in [-0.2, 0) is 9.53 Å². The molecule has 2 aromatic carbocycles. The first-order valence-electron chi connectivity index (χ1n) is 9.24. The first kappa shape index (κ1) is 21.4. The molecular formula is C22H23NO4S2. The molecule has 3 rings (SSSR count). The third-order valence-electron chi connectivity index (χ3n) is 4.16. The van der Waals surface area contributed by atoms with E-state index in [2.05, 4.69) is 0 Å². The summed E-state index contributed by atoms with van der Waals surface area (Å²) in [5.41, 5.74) is 2.10. The summed E-state index contributed by atoms with van der Waals surface area (Å²) in [5, 5.41) is 0. The molecule has 5 nitrogen and oxygen atoms in total. The average molecular weight is 430 g/mol. The summed E-state index contributed by atoms with van der Waals surface area (Å²) in [7, 11) is 1.68.